The minimum Gasteiger partial charge on any atom is -0.363 e. The number of hydrogen-bond acceptors (Lipinski definition) is 4. The molecule has 1 N–H and O–H groups in total. The second kappa shape index (κ2) is 9.27. The number of carbonyl (C=O) groups is 1. The molecule has 2 aliphatic rings. The average molecular weight is 435 g/mol. The molecule has 0 spiro atoms. The van der Waals surface area contributed by atoms with Crippen molar-refractivity contribution in [2.75, 3.05) is 16.8 Å². The molecule has 3 heterocycles. The Morgan fingerprint density at radius 1 is 1.03 bits per heavy atom. The van der Waals surface area contributed by atoms with E-state index in [1.165, 1.54) is 49.1 Å². The van der Waals surface area contributed by atoms with Gasteiger partial charge in [-0.2, -0.15) is 0 Å². The van der Waals surface area contributed by atoms with Gasteiger partial charge in [-0.25, -0.2) is 4.98 Å². The van der Waals surface area contributed by atoms with Gasteiger partial charge in [-0.1, -0.05) is 37.5 Å². The lowest BCUT2D eigenvalue weighted by Crippen LogP contribution is -2.23. The van der Waals surface area contributed by atoms with Crippen molar-refractivity contribution in [1.82, 2.24) is 9.55 Å². The van der Waals surface area contributed by atoms with Crippen LogP contribution in [0.25, 0.3) is 0 Å². The lowest BCUT2D eigenvalue weighted by molar-refractivity contribution is 0.101. The van der Waals surface area contributed by atoms with Crippen LogP contribution < -0.4 is 10.2 Å². The Kier molecular flexibility index (Phi) is 6.07. The van der Waals surface area contributed by atoms with E-state index in [9.17, 15) is 4.79 Å². The molecule has 5 nitrogen and oxygen atoms in total. The van der Waals surface area contributed by atoms with E-state index in [1.807, 2.05) is 18.3 Å². The van der Waals surface area contributed by atoms with Crippen molar-refractivity contribution in [1.29, 1.82) is 0 Å². The van der Waals surface area contributed by atoms with Gasteiger partial charge in [0, 0.05) is 30.4 Å². The quantitative estimate of drug-likeness (QED) is 0.508. The van der Waals surface area contributed by atoms with E-state index in [-0.39, 0.29) is 11.9 Å². The maximum absolute atomic E-state index is 13.0. The van der Waals surface area contributed by atoms with Gasteiger partial charge < -0.3 is 9.47 Å². The molecule has 2 aromatic heterocycles. The highest BCUT2D eigenvalue weighted by molar-refractivity contribution is 7.14. The zero-order valence-electron chi connectivity index (χ0n) is 17.9. The van der Waals surface area contributed by atoms with Crippen molar-refractivity contribution < 1.29 is 4.79 Å². The number of rotatable bonds is 6. The normalized spacial score (nSPS) is 19.6. The number of nitrogens with one attached hydrogen (secondary N) is 1. The molecule has 1 aliphatic carbocycles. The fourth-order valence-electron chi connectivity index (χ4n) is 5.09. The summed E-state index contributed by atoms with van der Waals surface area (Å²) in [4.78, 5) is 20.2. The standard InChI is InChI=1S/C25H30N4OS/c30-24(23-14-7-15-28(23)17-19-9-3-1-4-10-19)27-25-26-21(18-31-25)22-13-8-16-29(22)20-11-5-2-6-12-20/h2,5-7,11-12,14-15,18-19,22H,1,3-4,8-10,13,16-17H2,(H,26,27,30). The number of anilines is 2. The van der Waals surface area contributed by atoms with E-state index in [4.69, 9.17) is 4.98 Å². The summed E-state index contributed by atoms with van der Waals surface area (Å²) in [6.07, 6.45) is 10.8. The van der Waals surface area contributed by atoms with Gasteiger partial charge in [0.1, 0.15) is 5.69 Å². The van der Waals surface area contributed by atoms with Gasteiger partial charge in [-0.3, -0.25) is 10.1 Å². The van der Waals surface area contributed by atoms with Crippen LogP contribution in [-0.2, 0) is 6.54 Å². The molecule has 5 rings (SSSR count). The number of benzene rings is 1. The minimum atomic E-state index is -0.0620. The molecular weight excluding hydrogens is 404 g/mol. The molecular formula is C25H30N4OS. The predicted octanol–water partition coefficient (Wildman–Crippen LogP) is 6.12. The molecule has 1 saturated heterocycles. The molecule has 31 heavy (non-hydrogen) atoms. The average Bonchev–Trinajstić information content (AvgIpc) is 3.56. The number of carbonyl (C=O) groups excluding carboxylic acids is 1. The van der Waals surface area contributed by atoms with Gasteiger partial charge in [0.2, 0.25) is 0 Å². The molecule has 1 unspecified atom stereocenters. The second-order valence-electron chi connectivity index (χ2n) is 8.77. The maximum atomic E-state index is 13.0. The number of amides is 1. The Labute approximate surface area is 188 Å². The predicted molar refractivity (Wildman–Crippen MR) is 127 cm³/mol. The molecule has 1 aliphatic heterocycles. The van der Waals surface area contributed by atoms with E-state index >= 15 is 0 Å². The molecule has 0 bridgehead atoms. The van der Waals surface area contributed by atoms with Crippen LogP contribution in [0.2, 0.25) is 0 Å². The Hall–Kier alpha value is -2.60. The Bertz CT molecular complexity index is 1010. The molecule has 162 valence electrons. The molecule has 6 heteroatoms. The van der Waals surface area contributed by atoms with Crippen LogP contribution in [-0.4, -0.2) is 22.0 Å². The Morgan fingerprint density at radius 3 is 2.71 bits per heavy atom. The first-order valence-corrected chi connectivity index (χ1v) is 12.4. The highest BCUT2D eigenvalue weighted by atomic mass is 32.1. The monoisotopic (exact) mass is 434 g/mol. The van der Waals surface area contributed by atoms with Gasteiger partial charge in [0.15, 0.2) is 5.13 Å². The summed E-state index contributed by atoms with van der Waals surface area (Å²) in [7, 11) is 0. The maximum Gasteiger partial charge on any atom is 0.274 e. The first-order chi connectivity index (χ1) is 15.3. The smallest absolute Gasteiger partial charge is 0.274 e. The van der Waals surface area contributed by atoms with E-state index in [0.717, 1.165) is 37.3 Å². The van der Waals surface area contributed by atoms with E-state index in [2.05, 4.69) is 50.5 Å². The highest BCUT2D eigenvalue weighted by Gasteiger charge is 2.28. The molecule has 1 aromatic carbocycles. The summed E-state index contributed by atoms with van der Waals surface area (Å²) in [6.45, 7) is 1.98. The summed E-state index contributed by atoms with van der Waals surface area (Å²) in [6, 6.07) is 14.7. The third-order valence-electron chi connectivity index (χ3n) is 6.67. The lowest BCUT2D eigenvalue weighted by atomic mass is 9.89. The van der Waals surface area contributed by atoms with E-state index in [1.54, 1.807) is 0 Å². The van der Waals surface area contributed by atoms with Crippen molar-refractivity contribution in [2.24, 2.45) is 5.92 Å². The minimum absolute atomic E-state index is 0.0620. The fourth-order valence-corrected chi connectivity index (χ4v) is 5.84. The van der Waals surface area contributed by atoms with Gasteiger partial charge in [-0.15, -0.1) is 11.3 Å². The van der Waals surface area contributed by atoms with Crippen LogP contribution in [0, 0.1) is 5.92 Å². The van der Waals surface area contributed by atoms with Crippen molar-refractivity contribution in [3.05, 3.63) is 65.4 Å². The number of aromatic nitrogens is 2. The summed E-state index contributed by atoms with van der Waals surface area (Å²) in [5.41, 5.74) is 3.03. The number of nitrogens with zero attached hydrogens (tertiary/aromatic N) is 3. The zero-order chi connectivity index (χ0) is 21.0. The van der Waals surface area contributed by atoms with Gasteiger partial charge >= 0.3 is 0 Å². The molecule has 0 radical (unpaired) electrons. The lowest BCUT2D eigenvalue weighted by Gasteiger charge is -2.25. The SMILES string of the molecule is O=C(Nc1nc(C2CCCN2c2ccccc2)cs1)c1cccn1CC1CCCCC1. The molecule has 2 fully saturated rings. The third kappa shape index (κ3) is 4.54. The van der Waals surface area contributed by atoms with Crippen molar-refractivity contribution in [3.8, 4) is 0 Å². The van der Waals surface area contributed by atoms with E-state index < -0.39 is 0 Å². The zero-order valence-corrected chi connectivity index (χ0v) is 18.7. The number of hydrogen-bond donors (Lipinski definition) is 1. The highest BCUT2D eigenvalue weighted by Crippen LogP contribution is 2.37. The summed E-state index contributed by atoms with van der Waals surface area (Å²) >= 11 is 1.52. The van der Waals surface area contributed by atoms with Crippen LogP contribution in [0.3, 0.4) is 0 Å². The molecule has 1 atom stereocenters. The Morgan fingerprint density at radius 2 is 1.87 bits per heavy atom. The van der Waals surface area contributed by atoms with Crippen molar-refractivity contribution in [2.45, 2.75) is 57.5 Å². The van der Waals surface area contributed by atoms with Crippen molar-refractivity contribution in [3.63, 3.8) is 0 Å². The summed E-state index contributed by atoms with van der Waals surface area (Å²) in [5.74, 6) is 0.624. The van der Waals surface area contributed by atoms with Crippen LogP contribution in [0.1, 0.15) is 67.2 Å². The van der Waals surface area contributed by atoms with Gasteiger partial charge in [0.25, 0.3) is 5.91 Å². The van der Waals surface area contributed by atoms with Crippen LogP contribution >= 0.6 is 11.3 Å². The second-order valence-corrected chi connectivity index (χ2v) is 9.63. The molecule has 1 saturated carbocycles. The third-order valence-corrected chi connectivity index (χ3v) is 7.44. The summed E-state index contributed by atoms with van der Waals surface area (Å²) < 4.78 is 2.12. The Balaban J connectivity index is 1.26. The topological polar surface area (TPSA) is 50.2 Å². The van der Waals surface area contributed by atoms with Gasteiger partial charge in [0.05, 0.1) is 11.7 Å². The first kappa shape index (κ1) is 20.3. The van der Waals surface area contributed by atoms with Crippen LogP contribution in [0.5, 0.6) is 0 Å². The molecule has 1 amide bonds. The van der Waals surface area contributed by atoms with Gasteiger partial charge in [-0.05, 0) is 55.9 Å². The van der Waals surface area contributed by atoms with Crippen LogP contribution in [0.4, 0.5) is 10.8 Å². The number of thiazole rings is 1. The number of para-hydroxylation sites is 1. The van der Waals surface area contributed by atoms with E-state index in [0.29, 0.717) is 11.0 Å². The molecule has 3 aromatic rings. The largest absolute Gasteiger partial charge is 0.363 e. The van der Waals surface area contributed by atoms with Crippen LogP contribution in [0.15, 0.2) is 54.0 Å². The summed E-state index contributed by atoms with van der Waals surface area (Å²) in [5, 5.41) is 5.83. The van der Waals surface area contributed by atoms with Crippen molar-refractivity contribution >= 4 is 28.1 Å². The first-order valence-electron chi connectivity index (χ1n) is 11.5. The fraction of sp³-hybridized carbons (Fsp3) is 0.440.